The molecule has 4 nitrogen and oxygen atoms in total. The minimum atomic E-state index is 0.587. The Hall–Kier alpha value is -1.84. The van der Waals surface area contributed by atoms with E-state index in [2.05, 4.69) is 28.3 Å². The van der Waals surface area contributed by atoms with Crippen molar-refractivity contribution in [3.63, 3.8) is 0 Å². The van der Waals surface area contributed by atoms with E-state index in [-0.39, 0.29) is 0 Å². The topological polar surface area (TPSA) is 51.0 Å². The van der Waals surface area contributed by atoms with Crippen molar-refractivity contribution in [2.24, 2.45) is 5.92 Å². The van der Waals surface area contributed by atoms with E-state index >= 15 is 0 Å². The van der Waals surface area contributed by atoms with Crippen LogP contribution in [0.25, 0.3) is 11.6 Å². The van der Waals surface area contributed by atoms with Gasteiger partial charge in [-0.1, -0.05) is 6.92 Å². The van der Waals surface area contributed by atoms with Crippen molar-refractivity contribution in [3.05, 3.63) is 29.2 Å². The van der Waals surface area contributed by atoms with Crippen LogP contribution in [0.15, 0.2) is 16.5 Å². The molecule has 1 aliphatic carbocycles. The summed E-state index contributed by atoms with van der Waals surface area (Å²) >= 11 is 0. The molecule has 2 unspecified atom stereocenters. The first kappa shape index (κ1) is 12.2. The Bertz CT molecular complexity index is 618. The van der Waals surface area contributed by atoms with E-state index in [9.17, 15) is 0 Å². The Morgan fingerprint density at radius 1 is 1.26 bits per heavy atom. The zero-order valence-corrected chi connectivity index (χ0v) is 11.8. The second kappa shape index (κ2) is 4.37. The number of hydrogen-bond donors (Lipinski definition) is 1. The van der Waals surface area contributed by atoms with Gasteiger partial charge in [-0.05, 0) is 38.3 Å². The Balaban J connectivity index is 1.97. The molecule has 1 fully saturated rings. The van der Waals surface area contributed by atoms with Gasteiger partial charge in [0.25, 0.3) is 0 Å². The summed E-state index contributed by atoms with van der Waals surface area (Å²) in [6.07, 6.45) is 1.22. The largest absolute Gasteiger partial charge is 0.457 e. The number of aromatic nitrogens is 2. The molecule has 2 aromatic heterocycles. The molecule has 0 amide bonds. The zero-order chi connectivity index (χ0) is 13.6. The minimum absolute atomic E-state index is 0.587. The molecule has 4 heteroatoms. The predicted octanol–water partition coefficient (Wildman–Crippen LogP) is 3.52. The Morgan fingerprint density at radius 2 is 2.00 bits per heavy atom. The second-order valence-electron chi connectivity index (χ2n) is 5.38. The Morgan fingerprint density at radius 3 is 2.63 bits per heavy atom. The molecular formula is C15H19N3O. The average Bonchev–Trinajstić information content (AvgIpc) is 2.93. The molecule has 100 valence electrons. The fraction of sp³-hybridized carbons (Fsp3) is 0.467. The first-order valence-electron chi connectivity index (χ1n) is 6.73. The quantitative estimate of drug-likeness (QED) is 0.914. The average molecular weight is 257 g/mol. The molecule has 1 aliphatic rings. The number of rotatable bonds is 3. The van der Waals surface area contributed by atoms with Gasteiger partial charge in [-0.15, -0.1) is 0 Å². The molecule has 19 heavy (non-hydrogen) atoms. The number of hydrogen-bond acceptors (Lipinski definition) is 4. The van der Waals surface area contributed by atoms with Crippen LogP contribution in [0, 0.1) is 19.8 Å². The zero-order valence-electron chi connectivity index (χ0n) is 11.8. The second-order valence-corrected chi connectivity index (χ2v) is 5.38. The first-order valence-corrected chi connectivity index (χ1v) is 6.73. The Kier molecular flexibility index (Phi) is 2.81. The lowest BCUT2D eigenvalue weighted by molar-refractivity contribution is 0.515. The molecule has 1 saturated carbocycles. The van der Waals surface area contributed by atoms with E-state index in [0.29, 0.717) is 11.7 Å². The van der Waals surface area contributed by atoms with Crippen molar-refractivity contribution < 1.29 is 4.42 Å². The maximum Gasteiger partial charge on any atom is 0.197 e. The van der Waals surface area contributed by atoms with E-state index in [1.165, 1.54) is 6.42 Å². The summed E-state index contributed by atoms with van der Waals surface area (Å²) in [5.74, 6) is 4.67. The summed E-state index contributed by atoms with van der Waals surface area (Å²) < 4.78 is 5.91. The van der Waals surface area contributed by atoms with Crippen molar-refractivity contribution in [2.75, 3.05) is 12.4 Å². The van der Waals surface area contributed by atoms with E-state index in [4.69, 9.17) is 4.42 Å². The number of furan rings is 1. The maximum absolute atomic E-state index is 5.91. The first-order chi connectivity index (χ1) is 9.10. The van der Waals surface area contributed by atoms with E-state index in [1.54, 1.807) is 0 Å². The lowest BCUT2D eigenvalue weighted by atomic mass is 10.2. The molecule has 0 spiro atoms. The van der Waals surface area contributed by atoms with Crippen LogP contribution in [0.2, 0.25) is 0 Å². The molecule has 0 bridgehead atoms. The van der Waals surface area contributed by atoms with Gasteiger partial charge in [0, 0.05) is 24.2 Å². The van der Waals surface area contributed by atoms with Gasteiger partial charge in [-0.3, -0.25) is 0 Å². The molecule has 2 aromatic rings. The highest BCUT2D eigenvalue weighted by atomic mass is 16.3. The smallest absolute Gasteiger partial charge is 0.197 e. The van der Waals surface area contributed by atoms with Gasteiger partial charge in [-0.2, -0.15) is 0 Å². The van der Waals surface area contributed by atoms with Crippen molar-refractivity contribution in [1.29, 1.82) is 0 Å². The fourth-order valence-corrected chi connectivity index (χ4v) is 2.37. The van der Waals surface area contributed by atoms with Crippen molar-refractivity contribution in [2.45, 2.75) is 33.1 Å². The molecule has 0 aliphatic heterocycles. The summed E-state index contributed by atoms with van der Waals surface area (Å²) in [6, 6.07) is 4.03. The predicted molar refractivity (Wildman–Crippen MR) is 75.3 cm³/mol. The van der Waals surface area contributed by atoms with Gasteiger partial charge in [0.1, 0.15) is 11.6 Å². The number of nitrogens with zero attached hydrogens (tertiary/aromatic N) is 2. The Labute approximate surface area is 113 Å². The molecule has 2 atom stereocenters. The number of nitrogens with one attached hydrogen (secondary N) is 1. The van der Waals surface area contributed by atoms with Gasteiger partial charge >= 0.3 is 0 Å². The van der Waals surface area contributed by atoms with Crippen LogP contribution < -0.4 is 5.32 Å². The monoisotopic (exact) mass is 257 g/mol. The third kappa shape index (κ3) is 2.11. The van der Waals surface area contributed by atoms with Crippen LogP contribution in [0.3, 0.4) is 0 Å². The third-order valence-electron chi connectivity index (χ3n) is 3.95. The van der Waals surface area contributed by atoms with Crippen molar-refractivity contribution in [3.8, 4) is 11.6 Å². The van der Waals surface area contributed by atoms with Crippen molar-refractivity contribution in [1.82, 2.24) is 9.97 Å². The van der Waals surface area contributed by atoms with Gasteiger partial charge < -0.3 is 9.73 Å². The molecule has 3 rings (SSSR count). The van der Waals surface area contributed by atoms with Crippen LogP contribution in [0.4, 0.5) is 5.82 Å². The molecule has 0 radical (unpaired) electrons. The summed E-state index contributed by atoms with van der Waals surface area (Å²) in [4.78, 5) is 9.04. The van der Waals surface area contributed by atoms with Crippen LogP contribution in [0.1, 0.15) is 36.3 Å². The standard InChI is InChI=1S/C15H19N3O/c1-8-7-11(8)12-5-6-13(19-12)15-17-10(3)9(2)14(16-4)18-15/h5-6,8,11H,7H2,1-4H3,(H,16,17,18). The SMILES string of the molecule is CNc1nc(-c2ccc(C3CC3C)o2)nc(C)c1C. The summed E-state index contributed by atoms with van der Waals surface area (Å²) in [5, 5.41) is 3.10. The number of aryl methyl sites for hydroxylation is 1. The lowest BCUT2D eigenvalue weighted by Crippen LogP contribution is -2.02. The van der Waals surface area contributed by atoms with E-state index < -0.39 is 0 Å². The van der Waals surface area contributed by atoms with Gasteiger partial charge in [0.05, 0.1) is 0 Å². The fourth-order valence-electron chi connectivity index (χ4n) is 2.37. The third-order valence-corrected chi connectivity index (χ3v) is 3.95. The van der Waals surface area contributed by atoms with Gasteiger partial charge in [-0.25, -0.2) is 9.97 Å². The van der Waals surface area contributed by atoms with E-state index in [0.717, 1.165) is 34.5 Å². The minimum Gasteiger partial charge on any atom is -0.457 e. The molecule has 0 aromatic carbocycles. The van der Waals surface area contributed by atoms with Gasteiger partial charge in [0.15, 0.2) is 11.6 Å². The van der Waals surface area contributed by atoms with Gasteiger partial charge in [0.2, 0.25) is 0 Å². The maximum atomic E-state index is 5.91. The number of anilines is 1. The molecule has 1 N–H and O–H groups in total. The van der Waals surface area contributed by atoms with Crippen LogP contribution >= 0.6 is 0 Å². The van der Waals surface area contributed by atoms with Crippen LogP contribution in [0.5, 0.6) is 0 Å². The molecule has 2 heterocycles. The highest BCUT2D eigenvalue weighted by molar-refractivity contribution is 5.55. The highest BCUT2D eigenvalue weighted by Crippen LogP contribution is 2.47. The summed E-state index contributed by atoms with van der Waals surface area (Å²) in [7, 11) is 1.87. The highest BCUT2D eigenvalue weighted by Gasteiger charge is 2.36. The van der Waals surface area contributed by atoms with Crippen molar-refractivity contribution >= 4 is 5.82 Å². The van der Waals surface area contributed by atoms with Crippen LogP contribution in [-0.4, -0.2) is 17.0 Å². The normalized spacial score (nSPS) is 21.5. The summed E-state index contributed by atoms with van der Waals surface area (Å²) in [5.41, 5.74) is 2.06. The summed E-state index contributed by atoms with van der Waals surface area (Å²) in [6.45, 7) is 6.26. The van der Waals surface area contributed by atoms with E-state index in [1.807, 2.05) is 27.0 Å². The lowest BCUT2D eigenvalue weighted by Gasteiger charge is -2.08. The molecular weight excluding hydrogens is 238 g/mol. The molecule has 0 saturated heterocycles. The van der Waals surface area contributed by atoms with Crippen LogP contribution in [-0.2, 0) is 0 Å².